The third kappa shape index (κ3) is 25.1. The van der Waals surface area contributed by atoms with Crippen LogP contribution in [0.15, 0.2) is 461 Å². The van der Waals surface area contributed by atoms with Gasteiger partial charge in [0.1, 0.15) is 57.8 Å². The SMILES string of the molecule is CN.CN.CN.CO.Fc1ccc(C2=Nc3ccccc3C(c3ccc(F)cc3)=Nc3ccccc32)cc1.Fc1ccc(C2=Nc3ccccc3C(c3ccc(F)cc3)=Nc3ccccc32)cc1.Nc1ccccc1C(=O)c1ccc(F)cc1.Oc1ccccc1.c1ccc(Oc2ccc(C3=Nc4ccccc4C(c4ccc(Oc5ccccc5)cc4)=Nc4ccccc43)cc2)cc1. The molecule has 15 nitrogen and oxygen atoms in total. The van der Waals surface area contributed by atoms with Crippen LogP contribution in [0, 0.1) is 29.1 Å². The number of ketones is 1. The number of halogens is 5. The summed E-state index contributed by atoms with van der Waals surface area (Å²) in [5, 5.41) is 15.6. The minimum Gasteiger partial charge on any atom is -0.508 e. The maximum absolute atomic E-state index is 13.5. The van der Waals surface area contributed by atoms with E-state index in [1.165, 1.54) is 93.9 Å². The van der Waals surface area contributed by atoms with Gasteiger partial charge >= 0.3 is 0 Å². The molecular weight excluding hydrogens is 1670 g/mol. The Labute approximate surface area is 769 Å². The number of aromatic hydroxyl groups is 1. The molecule has 10 N–H and O–H groups in total. The van der Waals surface area contributed by atoms with Crippen molar-refractivity contribution in [2.45, 2.75) is 0 Å². The average molecular weight is 1770 g/mol. The summed E-state index contributed by atoms with van der Waals surface area (Å²) < 4.78 is 78.8. The number of phenols is 1. The first-order chi connectivity index (χ1) is 65.2. The van der Waals surface area contributed by atoms with E-state index >= 15 is 0 Å². The molecule has 0 aliphatic carbocycles. The van der Waals surface area contributed by atoms with Crippen molar-refractivity contribution in [1.29, 1.82) is 0 Å². The Morgan fingerprint density at radius 1 is 0.233 bits per heavy atom. The Hall–Kier alpha value is -16.9. The molecule has 20 heteroatoms. The molecule has 0 unspecified atom stereocenters. The van der Waals surface area contributed by atoms with Gasteiger partial charge < -0.3 is 42.6 Å². The van der Waals surface area contributed by atoms with Gasteiger partial charge in [-0.25, -0.2) is 51.9 Å². The molecule has 0 aromatic heterocycles. The number of ether oxygens (including phenoxy) is 2. The van der Waals surface area contributed by atoms with E-state index in [4.69, 9.17) is 55.4 Å². The predicted molar refractivity (Wildman–Crippen MR) is 529 cm³/mol. The molecule has 17 aromatic carbocycles. The van der Waals surface area contributed by atoms with E-state index < -0.39 is 0 Å². The van der Waals surface area contributed by atoms with Gasteiger partial charge in [0.15, 0.2) is 5.78 Å². The number of carbonyl (C=O) groups is 1. The number of benzene rings is 17. The quantitative estimate of drug-likeness (QED) is 0.0386. The first kappa shape index (κ1) is 95.2. The highest BCUT2D eigenvalue weighted by molar-refractivity contribution is 6.25. The molecule has 3 aliphatic rings. The molecule has 660 valence electrons. The second kappa shape index (κ2) is 48.3. The summed E-state index contributed by atoms with van der Waals surface area (Å²) >= 11 is 0. The normalized spacial score (nSPS) is 11.4. The Bertz CT molecular complexity index is 6340. The maximum Gasteiger partial charge on any atom is 0.195 e. The highest BCUT2D eigenvalue weighted by atomic mass is 19.1. The standard InChI is InChI=1S/C38H26N2O2.2C26H16F2N2.C13H10FNO.C6H6O.3CH5N.CH4O/c1-3-11-29(12-4-1)41-31-23-19-27(20-24-31)37-33-15-7-9-17-35(33)40-38(34-16-8-10-18-36(34)39-37)28-21-25-32(26-22-28)42-30-13-5-2-6-14-30;2*27-19-13-9-17(10-14-19)25-21-5-1-3-7-23(21)29-26(18-11-15-20(28)16-12-18)22-6-2-4-8-24(22)30-25;14-10-7-5-9(6-8-10)13(16)11-3-1-2-4-12(11)15;7-6-4-2-1-3-5-6;4*1-2/h1-26H;2*1-16H;1-8H,15H2;1-5,7H;3*2H2,1H3;2H,1H3. The zero-order chi connectivity index (χ0) is 93.8. The van der Waals surface area contributed by atoms with Gasteiger partial charge in [-0.1, -0.05) is 176 Å². The fourth-order valence-corrected chi connectivity index (χ4v) is 14.0. The van der Waals surface area contributed by atoms with Crippen molar-refractivity contribution >= 4 is 79.9 Å². The third-order valence-electron chi connectivity index (χ3n) is 20.1. The van der Waals surface area contributed by atoms with Gasteiger partial charge in [0.2, 0.25) is 0 Å². The van der Waals surface area contributed by atoms with E-state index in [0.29, 0.717) is 22.6 Å². The Morgan fingerprint density at radius 3 is 0.647 bits per heavy atom. The van der Waals surface area contributed by atoms with Gasteiger partial charge in [0.05, 0.1) is 68.4 Å². The molecule has 0 spiro atoms. The van der Waals surface area contributed by atoms with Crippen LogP contribution >= 0.6 is 0 Å². The average Bonchev–Trinajstić information content (AvgIpc) is 0.781. The first-order valence-electron chi connectivity index (χ1n) is 42.1. The Balaban J connectivity index is 0.000000157. The van der Waals surface area contributed by atoms with Crippen LogP contribution in [-0.4, -0.2) is 78.5 Å². The number of anilines is 1. The van der Waals surface area contributed by atoms with Gasteiger partial charge in [-0.15, -0.1) is 0 Å². The number of fused-ring (bicyclic) bond motifs is 6. The number of nitrogens with two attached hydrogens (primary N) is 4. The second-order valence-corrected chi connectivity index (χ2v) is 28.5. The van der Waals surface area contributed by atoms with Crippen LogP contribution in [-0.2, 0) is 0 Å². The third-order valence-corrected chi connectivity index (χ3v) is 20.1. The predicted octanol–water partition coefficient (Wildman–Crippen LogP) is 25.5. The summed E-state index contributed by atoms with van der Waals surface area (Å²) in [6, 6.07) is 129. The number of nitrogens with zero attached hydrogens (tertiary/aromatic N) is 6. The number of rotatable bonds is 12. The number of aliphatic hydroxyl groups is 1. The monoisotopic (exact) mass is 1760 g/mol. The van der Waals surface area contributed by atoms with E-state index in [1.54, 1.807) is 97.1 Å². The van der Waals surface area contributed by atoms with Crippen molar-refractivity contribution in [2.24, 2.45) is 47.2 Å². The number of aliphatic hydroxyl groups excluding tert-OH is 1. The van der Waals surface area contributed by atoms with Gasteiger partial charge in [-0.3, -0.25) is 4.79 Å². The summed E-state index contributed by atoms with van der Waals surface area (Å²) in [5.74, 6) is 1.72. The van der Waals surface area contributed by atoms with E-state index in [9.17, 15) is 26.7 Å². The highest BCUT2D eigenvalue weighted by Gasteiger charge is 2.25. The minimum atomic E-state index is -0.363. The lowest BCUT2D eigenvalue weighted by Gasteiger charge is -2.18. The minimum absolute atomic E-state index is 0.196. The molecule has 0 atom stereocenters. The highest BCUT2D eigenvalue weighted by Crippen LogP contribution is 2.39. The van der Waals surface area contributed by atoms with Gasteiger partial charge in [-0.05, 0) is 276 Å². The van der Waals surface area contributed by atoms with Crippen molar-refractivity contribution in [2.75, 3.05) is 34.0 Å². The van der Waals surface area contributed by atoms with E-state index in [0.717, 1.165) is 165 Å². The lowest BCUT2D eigenvalue weighted by Crippen LogP contribution is -2.10. The van der Waals surface area contributed by atoms with Crippen molar-refractivity contribution in [3.05, 3.63) is 538 Å². The molecule has 3 heterocycles. The van der Waals surface area contributed by atoms with E-state index in [2.05, 4.69) is 29.3 Å². The van der Waals surface area contributed by atoms with Crippen molar-refractivity contribution in [1.82, 2.24) is 0 Å². The zero-order valence-electron chi connectivity index (χ0n) is 73.0. The zero-order valence-corrected chi connectivity index (χ0v) is 73.0. The van der Waals surface area contributed by atoms with Gasteiger partial charge in [0.25, 0.3) is 0 Å². The largest absolute Gasteiger partial charge is 0.508 e. The summed E-state index contributed by atoms with van der Waals surface area (Å²) in [4.78, 5) is 42.4. The topological polar surface area (TPSA) is 254 Å². The van der Waals surface area contributed by atoms with Crippen molar-refractivity contribution < 1.29 is 46.4 Å². The number of phenolic OH excluding ortho intramolecular Hbond substituents is 1. The van der Waals surface area contributed by atoms with Crippen molar-refractivity contribution in [3.8, 4) is 28.7 Å². The number of aliphatic imine (C=N–C) groups is 6. The fourth-order valence-electron chi connectivity index (χ4n) is 14.0. The number of hydrogen-bond donors (Lipinski definition) is 6. The van der Waals surface area contributed by atoms with Crippen molar-refractivity contribution in [3.63, 3.8) is 0 Å². The summed E-state index contributed by atoms with van der Waals surface area (Å²) in [6.45, 7) is 0. The smallest absolute Gasteiger partial charge is 0.195 e. The molecule has 0 bridgehead atoms. The van der Waals surface area contributed by atoms with Crippen LogP contribution in [0.3, 0.4) is 0 Å². The maximum atomic E-state index is 13.5. The Morgan fingerprint density at radius 2 is 0.421 bits per heavy atom. The van der Waals surface area contributed by atoms with E-state index in [-0.39, 0.29) is 34.9 Å². The summed E-state index contributed by atoms with van der Waals surface area (Å²) in [7, 11) is 5.50. The molecule has 0 amide bonds. The van der Waals surface area contributed by atoms with Crippen LogP contribution in [0.1, 0.15) is 82.7 Å². The lowest BCUT2D eigenvalue weighted by molar-refractivity contribution is 0.103. The molecule has 3 aliphatic heterocycles. The molecule has 0 saturated heterocycles. The molecule has 17 aromatic rings. The molecule has 133 heavy (non-hydrogen) atoms. The molecule has 0 radical (unpaired) electrons. The van der Waals surface area contributed by atoms with Gasteiger partial charge in [0, 0.05) is 90.7 Å². The van der Waals surface area contributed by atoms with E-state index in [1.807, 2.05) is 249 Å². The number of carbonyl (C=O) groups excluding carboxylic acids is 1. The summed E-state index contributed by atoms with van der Waals surface area (Å²) in [5.41, 5.74) is 40.3. The number of para-hydroxylation sites is 10. The molecular formula is C113H93F5N10O5. The van der Waals surface area contributed by atoms with Crippen LogP contribution in [0.4, 0.5) is 61.8 Å². The van der Waals surface area contributed by atoms with Gasteiger partial charge in [-0.2, -0.15) is 0 Å². The van der Waals surface area contributed by atoms with Crippen LogP contribution in [0.25, 0.3) is 0 Å². The molecule has 0 saturated carbocycles. The number of hydrogen-bond acceptors (Lipinski definition) is 15. The van der Waals surface area contributed by atoms with Crippen LogP contribution in [0.5, 0.6) is 28.7 Å². The molecule has 20 rings (SSSR count). The van der Waals surface area contributed by atoms with Crippen LogP contribution < -0.4 is 32.4 Å². The number of nitrogen functional groups attached to an aromatic ring is 1. The lowest BCUT2D eigenvalue weighted by atomic mass is 9.96. The summed E-state index contributed by atoms with van der Waals surface area (Å²) in [6.07, 6.45) is 0. The second-order valence-electron chi connectivity index (χ2n) is 28.5. The fraction of sp³-hybridized carbons (Fsp3) is 0.0354. The first-order valence-corrected chi connectivity index (χ1v) is 42.1. The van der Waals surface area contributed by atoms with Crippen LogP contribution in [0.2, 0.25) is 0 Å². The Kier molecular flexibility index (Phi) is 34.6. The molecule has 0 fully saturated rings.